The highest BCUT2D eigenvalue weighted by atomic mass is 32.1. The van der Waals surface area contributed by atoms with Gasteiger partial charge in [-0.05, 0) is 48.1 Å². The Morgan fingerprint density at radius 2 is 2.00 bits per heavy atom. The zero-order chi connectivity index (χ0) is 17.2. The molecule has 0 aliphatic heterocycles. The number of hydrogen-bond donors (Lipinski definition) is 0. The molecule has 1 aromatic heterocycles. The standard InChI is InChI=1S/C21H18N2OS/c1-24-19-11-10-14-6-2-3-7-15(14)18(19)13-23-21-17(12-22)16-8-4-5-9-20(16)25-21/h2-3,6-7,10-11,13H,4-5,8-9H2,1H3/b23-13+. The molecule has 3 nitrogen and oxygen atoms in total. The van der Waals surface area contributed by atoms with Crippen LogP contribution in [0.5, 0.6) is 5.75 Å². The van der Waals surface area contributed by atoms with Gasteiger partial charge in [-0.25, -0.2) is 4.99 Å². The third kappa shape index (κ3) is 2.81. The minimum absolute atomic E-state index is 0.759. The number of fused-ring (bicyclic) bond motifs is 2. The van der Waals surface area contributed by atoms with Crippen molar-refractivity contribution in [1.29, 1.82) is 5.26 Å². The van der Waals surface area contributed by atoms with Crippen molar-refractivity contribution in [2.45, 2.75) is 25.7 Å². The van der Waals surface area contributed by atoms with Gasteiger partial charge in [0.25, 0.3) is 0 Å². The summed E-state index contributed by atoms with van der Waals surface area (Å²) in [6.07, 6.45) is 6.29. The summed E-state index contributed by atoms with van der Waals surface area (Å²) in [6, 6.07) is 14.6. The third-order valence-electron chi connectivity index (χ3n) is 4.73. The second-order valence-corrected chi connectivity index (χ2v) is 7.25. The molecule has 2 aromatic carbocycles. The molecule has 1 aliphatic carbocycles. The number of thiophene rings is 1. The fourth-order valence-corrected chi connectivity index (χ4v) is 4.65. The Morgan fingerprint density at radius 3 is 2.84 bits per heavy atom. The summed E-state index contributed by atoms with van der Waals surface area (Å²) < 4.78 is 5.53. The molecule has 1 heterocycles. The average Bonchev–Trinajstić information content (AvgIpc) is 3.03. The lowest BCUT2D eigenvalue weighted by Gasteiger charge is -2.09. The Bertz CT molecular complexity index is 1010. The molecule has 3 aromatic rings. The average molecular weight is 346 g/mol. The summed E-state index contributed by atoms with van der Waals surface area (Å²) in [5, 5.41) is 12.7. The Morgan fingerprint density at radius 1 is 1.16 bits per heavy atom. The lowest BCUT2D eigenvalue weighted by Crippen LogP contribution is -1.99. The van der Waals surface area contributed by atoms with Gasteiger partial charge in [-0.15, -0.1) is 11.3 Å². The number of aryl methyl sites for hydroxylation is 1. The van der Waals surface area contributed by atoms with Crippen LogP contribution in [0.1, 0.15) is 34.4 Å². The maximum absolute atomic E-state index is 9.59. The number of benzene rings is 2. The van der Waals surface area contributed by atoms with E-state index < -0.39 is 0 Å². The van der Waals surface area contributed by atoms with Gasteiger partial charge >= 0.3 is 0 Å². The molecule has 0 bridgehead atoms. The Labute approximate surface area is 151 Å². The van der Waals surface area contributed by atoms with Crippen molar-refractivity contribution in [2.24, 2.45) is 4.99 Å². The topological polar surface area (TPSA) is 45.4 Å². The van der Waals surface area contributed by atoms with Crippen LogP contribution in [0.25, 0.3) is 10.8 Å². The van der Waals surface area contributed by atoms with E-state index in [-0.39, 0.29) is 0 Å². The van der Waals surface area contributed by atoms with Gasteiger partial charge in [0.2, 0.25) is 0 Å². The van der Waals surface area contributed by atoms with Crippen molar-refractivity contribution in [3.8, 4) is 11.8 Å². The van der Waals surface area contributed by atoms with Crippen molar-refractivity contribution in [3.63, 3.8) is 0 Å². The summed E-state index contributed by atoms with van der Waals surface area (Å²) in [5.41, 5.74) is 2.93. The van der Waals surface area contributed by atoms with Gasteiger partial charge in [0.15, 0.2) is 0 Å². The first-order valence-corrected chi connectivity index (χ1v) is 9.28. The maximum atomic E-state index is 9.59. The molecule has 0 saturated carbocycles. The molecule has 4 rings (SSSR count). The molecule has 0 amide bonds. The molecule has 0 fully saturated rings. The number of ether oxygens (including phenoxy) is 1. The van der Waals surface area contributed by atoms with Crippen LogP contribution in [-0.4, -0.2) is 13.3 Å². The van der Waals surface area contributed by atoms with Gasteiger partial charge in [-0.3, -0.25) is 0 Å². The Kier molecular flexibility index (Phi) is 4.25. The lowest BCUT2D eigenvalue weighted by molar-refractivity contribution is 0.415. The van der Waals surface area contributed by atoms with E-state index in [1.165, 1.54) is 23.3 Å². The van der Waals surface area contributed by atoms with Crippen LogP contribution in [0.3, 0.4) is 0 Å². The van der Waals surface area contributed by atoms with Gasteiger partial charge < -0.3 is 4.74 Å². The van der Waals surface area contributed by atoms with E-state index in [2.05, 4.69) is 24.3 Å². The highest BCUT2D eigenvalue weighted by Crippen LogP contribution is 2.39. The smallest absolute Gasteiger partial charge is 0.134 e. The van der Waals surface area contributed by atoms with Crippen molar-refractivity contribution in [3.05, 3.63) is 58.0 Å². The van der Waals surface area contributed by atoms with Gasteiger partial charge in [0.05, 0.1) is 12.7 Å². The van der Waals surface area contributed by atoms with E-state index in [0.717, 1.165) is 45.5 Å². The molecule has 0 saturated heterocycles. The van der Waals surface area contributed by atoms with Crippen LogP contribution in [0.15, 0.2) is 41.4 Å². The first kappa shape index (κ1) is 15.9. The summed E-state index contributed by atoms with van der Waals surface area (Å²) in [4.78, 5) is 6.04. The van der Waals surface area contributed by atoms with Crippen molar-refractivity contribution in [2.75, 3.05) is 7.11 Å². The monoisotopic (exact) mass is 346 g/mol. The molecule has 0 N–H and O–H groups in total. The number of nitrogens with zero attached hydrogens (tertiary/aromatic N) is 2. The van der Waals surface area contributed by atoms with Crippen molar-refractivity contribution < 1.29 is 4.74 Å². The van der Waals surface area contributed by atoms with Crippen LogP contribution in [0.2, 0.25) is 0 Å². The largest absolute Gasteiger partial charge is 0.496 e. The summed E-state index contributed by atoms with van der Waals surface area (Å²) >= 11 is 1.66. The highest BCUT2D eigenvalue weighted by Gasteiger charge is 2.20. The molecule has 0 radical (unpaired) electrons. The number of methoxy groups -OCH3 is 1. The zero-order valence-corrected chi connectivity index (χ0v) is 14.9. The fraction of sp³-hybridized carbons (Fsp3) is 0.238. The molecule has 25 heavy (non-hydrogen) atoms. The van der Waals surface area contributed by atoms with E-state index >= 15 is 0 Å². The molecule has 1 aliphatic rings. The number of rotatable bonds is 3. The Balaban J connectivity index is 1.82. The van der Waals surface area contributed by atoms with E-state index in [0.29, 0.717) is 0 Å². The van der Waals surface area contributed by atoms with Gasteiger partial charge in [-0.2, -0.15) is 5.26 Å². The first-order chi connectivity index (χ1) is 12.3. The van der Waals surface area contributed by atoms with E-state index in [4.69, 9.17) is 9.73 Å². The molecule has 0 unspecified atom stereocenters. The van der Waals surface area contributed by atoms with Crippen LogP contribution in [0.4, 0.5) is 5.00 Å². The maximum Gasteiger partial charge on any atom is 0.134 e. The summed E-state index contributed by atoms with van der Waals surface area (Å²) in [7, 11) is 1.67. The SMILES string of the molecule is COc1ccc2ccccc2c1/C=N/c1sc2c(c1C#N)CCCC2. The second-order valence-electron chi connectivity index (χ2n) is 6.16. The van der Waals surface area contributed by atoms with Gasteiger partial charge in [-0.1, -0.05) is 30.3 Å². The molecule has 0 atom stereocenters. The first-order valence-electron chi connectivity index (χ1n) is 8.46. The normalized spacial score (nSPS) is 13.8. The number of aliphatic imine (C=N–C) groups is 1. The van der Waals surface area contributed by atoms with Gasteiger partial charge in [0.1, 0.15) is 16.8 Å². The third-order valence-corrected chi connectivity index (χ3v) is 5.93. The van der Waals surface area contributed by atoms with Crippen molar-refractivity contribution in [1.82, 2.24) is 0 Å². The van der Waals surface area contributed by atoms with Crippen LogP contribution < -0.4 is 4.74 Å². The molecular formula is C21H18N2OS. The van der Waals surface area contributed by atoms with Crippen LogP contribution >= 0.6 is 11.3 Å². The van der Waals surface area contributed by atoms with Crippen LogP contribution in [0, 0.1) is 11.3 Å². The summed E-state index contributed by atoms with van der Waals surface area (Å²) in [5.74, 6) is 0.794. The molecule has 4 heteroatoms. The summed E-state index contributed by atoms with van der Waals surface area (Å²) in [6.45, 7) is 0. The molecule has 124 valence electrons. The minimum atomic E-state index is 0.759. The number of hydrogen-bond acceptors (Lipinski definition) is 4. The predicted octanol–water partition coefficient (Wildman–Crippen LogP) is 5.41. The Hall–Kier alpha value is -2.64. The zero-order valence-electron chi connectivity index (χ0n) is 14.1. The quantitative estimate of drug-likeness (QED) is 0.595. The molecular weight excluding hydrogens is 328 g/mol. The van der Waals surface area contributed by atoms with Crippen LogP contribution in [-0.2, 0) is 12.8 Å². The molecule has 0 spiro atoms. The highest BCUT2D eigenvalue weighted by molar-refractivity contribution is 7.16. The van der Waals surface area contributed by atoms with E-state index in [1.54, 1.807) is 18.4 Å². The number of nitriles is 1. The minimum Gasteiger partial charge on any atom is -0.496 e. The van der Waals surface area contributed by atoms with Crippen molar-refractivity contribution >= 4 is 33.3 Å². The van der Waals surface area contributed by atoms with Gasteiger partial charge in [0, 0.05) is 16.7 Å². The fourth-order valence-electron chi connectivity index (χ4n) is 3.47. The van der Waals surface area contributed by atoms with E-state index in [1.807, 2.05) is 24.4 Å². The van der Waals surface area contributed by atoms with E-state index in [9.17, 15) is 5.26 Å². The second kappa shape index (κ2) is 6.70. The predicted molar refractivity (Wildman–Crippen MR) is 103 cm³/mol. The lowest BCUT2D eigenvalue weighted by atomic mass is 9.96.